The molecule has 0 spiro atoms. The van der Waals surface area contributed by atoms with E-state index in [-0.39, 0.29) is 5.91 Å². The van der Waals surface area contributed by atoms with Crippen LogP contribution in [0.4, 0.5) is 0 Å². The molecule has 1 heterocycles. The lowest BCUT2D eigenvalue weighted by atomic mass is 10.3. The van der Waals surface area contributed by atoms with Crippen LogP contribution in [0.5, 0.6) is 0 Å². The zero-order chi connectivity index (χ0) is 14.5. The number of tetrazole rings is 1. The molecule has 3 rings (SSSR count). The van der Waals surface area contributed by atoms with Crippen molar-refractivity contribution >= 4 is 17.7 Å². The SMILES string of the molecule is O=C(CSCc1nnnn1-c1ccccc1)NCC1CC1. The average molecular weight is 303 g/mol. The van der Waals surface area contributed by atoms with Crippen molar-refractivity contribution in [2.24, 2.45) is 5.92 Å². The molecule has 0 unspecified atom stereocenters. The minimum Gasteiger partial charge on any atom is -0.355 e. The van der Waals surface area contributed by atoms with Crippen molar-refractivity contribution in [2.75, 3.05) is 12.3 Å². The van der Waals surface area contributed by atoms with Crippen LogP contribution >= 0.6 is 11.8 Å². The van der Waals surface area contributed by atoms with E-state index in [0.29, 0.717) is 17.4 Å². The van der Waals surface area contributed by atoms with Gasteiger partial charge in [0.25, 0.3) is 0 Å². The number of nitrogens with one attached hydrogen (secondary N) is 1. The van der Waals surface area contributed by atoms with E-state index in [1.54, 1.807) is 4.68 Å². The monoisotopic (exact) mass is 303 g/mol. The first-order chi connectivity index (χ1) is 10.3. The smallest absolute Gasteiger partial charge is 0.230 e. The Morgan fingerprint density at radius 1 is 1.33 bits per heavy atom. The molecule has 0 bridgehead atoms. The molecule has 1 aromatic carbocycles. The van der Waals surface area contributed by atoms with Crippen molar-refractivity contribution < 1.29 is 4.79 Å². The minimum absolute atomic E-state index is 0.0886. The first kappa shape index (κ1) is 14.1. The van der Waals surface area contributed by atoms with Gasteiger partial charge in [-0.05, 0) is 41.3 Å². The summed E-state index contributed by atoms with van der Waals surface area (Å²) in [5, 5.41) is 14.7. The van der Waals surface area contributed by atoms with Gasteiger partial charge in [-0.3, -0.25) is 4.79 Å². The standard InChI is InChI=1S/C14H17N5OS/c20-14(15-8-11-6-7-11)10-21-9-13-16-17-18-19(13)12-4-2-1-3-5-12/h1-5,11H,6-10H2,(H,15,20). The summed E-state index contributed by atoms with van der Waals surface area (Å²) in [5.41, 5.74) is 0.927. The largest absolute Gasteiger partial charge is 0.355 e. The lowest BCUT2D eigenvalue weighted by Crippen LogP contribution is -2.27. The number of amides is 1. The Morgan fingerprint density at radius 3 is 2.90 bits per heavy atom. The molecule has 7 heteroatoms. The van der Waals surface area contributed by atoms with E-state index in [9.17, 15) is 4.79 Å². The number of hydrogen-bond donors (Lipinski definition) is 1. The van der Waals surface area contributed by atoms with E-state index in [4.69, 9.17) is 0 Å². The van der Waals surface area contributed by atoms with Crippen LogP contribution in [-0.4, -0.2) is 38.4 Å². The van der Waals surface area contributed by atoms with Gasteiger partial charge < -0.3 is 5.32 Å². The van der Waals surface area contributed by atoms with E-state index >= 15 is 0 Å². The Kier molecular flexibility index (Phi) is 4.49. The summed E-state index contributed by atoms with van der Waals surface area (Å²) >= 11 is 1.52. The zero-order valence-corrected chi connectivity index (χ0v) is 12.4. The Hall–Kier alpha value is -1.89. The highest BCUT2D eigenvalue weighted by Gasteiger charge is 2.21. The molecule has 0 aliphatic heterocycles. The fourth-order valence-corrected chi connectivity index (χ4v) is 2.68. The number of aromatic nitrogens is 4. The third kappa shape index (κ3) is 4.04. The molecule has 110 valence electrons. The molecule has 0 radical (unpaired) electrons. The molecule has 0 saturated heterocycles. The third-order valence-corrected chi connectivity index (χ3v) is 4.21. The van der Waals surface area contributed by atoms with Crippen molar-refractivity contribution in [3.8, 4) is 5.69 Å². The van der Waals surface area contributed by atoms with Crippen LogP contribution in [0, 0.1) is 5.92 Å². The van der Waals surface area contributed by atoms with Gasteiger partial charge in [0.15, 0.2) is 5.82 Å². The topological polar surface area (TPSA) is 72.7 Å². The Bertz CT molecular complexity index is 596. The van der Waals surface area contributed by atoms with Crippen molar-refractivity contribution in [2.45, 2.75) is 18.6 Å². The number of carbonyl (C=O) groups is 1. The second kappa shape index (κ2) is 6.71. The van der Waals surface area contributed by atoms with Crippen molar-refractivity contribution in [1.82, 2.24) is 25.5 Å². The molecule has 1 aromatic heterocycles. The maximum atomic E-state index is 11.7. The lowest BCUT2D eigenvalue weighted by molar-refractivity contribution is -0.118. The number of rotatable bonds is 7. The van der Waals surface area contributed by atoms with Gasteiger partial charge in [-0.25, -0.2) is 0 Å². The molecular weight excluding hydrogens is 286 g/mol. The Labute approximate surface area is 127 Å². The number of benzene rings is 1. The molecule has 1 amide bonds. The number of carbonyl (C=O) groups excluding carboxylic acids is 1. The lowest BCUT2D eigenvalue weighted by Gasteiger charge is -2.05. The molecule has 6 nitrogen and oxygen atoms in total. The second-order valence-electron chi connectivity index (χ2n) is 5.08. The van der Waals surface area contributed by atoms with Crippen LogP contribution in [0.25, 0.3) is 5.69 Å². The minimum atomic E-state index is 0.0886. The van der Waals surface area contributed by atoms with E-state index in [2.05, 4.69) is 20.8 Å². The molecule has 21 heavy (non-hydrogen) atoms. The van der Waals surface area contributed by atoms with Gasteiger partial charge in [-0.1, -0.05) is 18.2 Å². The van der Waals surface area contributed by atoms with Gasteiger partial charge in [0.2, 0.25) is 5.91 Å². The quantitative estimate of drug-likeness (QED) is 0.837. The van der Waals surface area contributed by atoms with Crippen LogP contribution in [0.3, 0.4) is 0 Å². The molecule has 2 aromatic rings. The maximum absolute atomic E-state index is 11.7. The molecule has 1 aliphatic carbocycles. The van der Waals surface area contributed by atoms with Crippen LogP contribution in [-0.2, 0) is 10.5 Å². The number of hydrogen-bond acceptors (Lipinski definition) is 5. The predicted molar refractivity (Wildman–Crippen MR) is 81.0 cm³/mol. The number of thioether (sulfide) groups is 1. The summed E-state index contributed by atoms with van der Waals surface area (Å²) in [7, 11) is 0. The first-order valence-electron chi connectivity index (χ1n) is 7.00. The van der Waals surface area contributed by atoms with Gasteiger partial charge in [-0.2, -0.15) is 4.68 Å². The van der Waals surface area contributed by atoms with E-state index in [1.165, 1.54) is 24.6 Å². The molecular formula is C14H17N5OS. The van der Waals surface area contributed by atoms with E-state index < -0.39 is 0 Å². The van der Waals surface area contributed by atoms with Gasteiger partial charge >= 0.3 is 0 Å². The van der Waals surface area contributed by atoms with Crippen LogP contribution < -0.4 is 5.32 Å². The average Bonchev–Trinajstić information content (AvgIpc) is 3.23. The molecule has 1 saturated carbocycles. The molecule has 1 aliphatic rings. The highest BCUT2D eigenvalue weighted by atomic mass is 32.2. The predicted octanol–water partition coefficient (Wildman–Crippen LogP) is 1.42. The van der Waals surface area contributed by atoms with Crippen LogP contribution in [0.1, 0.15) is 18.7 Å². The normalized spacial score (nSPS) is 14.1. The van der Waals surface area contributed by atoms with E-state index in [0.717, 1.165) is 18.1 Å². The number of nitrogens with zero attached hydrogens (tertiary/aromatic N) is 4. The van der Waals surface area contributed by atoms with Crippen molar-refractivity contribution in [1.29, 1.82) is 0 Å². The highest BCUT2D eigenvalue weighted by Crippen LogP contribution is 2.27. The molecule has 1 N–H and O–H groups in total. The van der Waals surface area contributed by atoms with Gasteiger partial charge in [-0.15, -0.1) is 16.9 Å². The van der Waals surface area contributed by atoms with E-state index in [1.807, 2.05) is 30.3 Å². The summed E-state index contributed by atoms with van der Waals surface area (Å²) in [6, 6.07) is 9.74. The van der Waals surface area contributed by atoms with Gasteiger partial charge in [0.1, 0.15) is 0 Å². The maximum Gasteiger partial charge on any atom is 0.230 e. The third-order valence-electron chi connectivity index (χ3n) is 3.28. The van der Waals surface area contributed by atoms with Crippen LogP contribution in [0.2, 0.25) is 0 Å². The Balaban J connectivity index is 1.49. The summed E-state index contributed by atoms with van der Waals surface area (Å²) in [4.78, 5) is 11.7. The summed E-state index contributed by atoms with van der Waals surface area (Å²) in [6.07, 6.45) is 2.50. The van der Waals surface area contributed by atoms with Crippen molar-refractivity contribution in [3.05, 3.63) is 36.2 Å². The van der Waals surface area contributed by atoms with Crippen molar-refractivity contribution in [3.63, 3.8) is 0 Å². The molecule has 0 atom stereocenters. The summed E-state index contributed by atoms with van der Waals surface area (Å²) < 4.78 is 1.70. The van der Waals surface area contributed by atoms with Crippen LogP contribution in [0.15, 0.2) is 30.3 Å². The summed E-state index contributed by atoms with van der Waals surface area (Å²) in [6.45, 7) is 0.821. The van der Waals surface area contributed by atoms with Gasteiger partial charge in [0.05, 0.1) is 17.2 Å². The molecule has 1 fully saturated rings. The fourth-order valence-electron chi connectivity index (χ4n) is 1.93. The summed E-state index contributed by atoms with van der Waals surface area (Å²) in [5.74, 6) is 2.60. The zero-order valence-electron chi connectivity index (χ0n) is 11.6. The Morgan fingerprint density at radius 2 is 2.14 bits per heavy atom. The highest BCUT2D eigenvalue weighted by molar-refractivity contribution is 7.99. The number of para-hydroxylation sites is 1. The fraction of sp³-hybridized carbons (Fsp3) is 0.429. The van der Waals surface area contributed by atoms with Gasteiger partial charge in [0, 0.05) is 6.54 Å². The second-order valence-corrected chi connectivity index (χ2v) is 6.07. The first-order valence-corrected chi connectivity index (χ1v) is 8.15.